The summed E-state index contributed by atoms with van der Waals surface area (Å²) in [5.41, 5.74) is -0.254. The first-order valence-corrected chi connectivity index (χ1v) is 9.55. The minimum absolute atomic E-state index is 0.0818. The average molecular weight is 244 g/mol. The molecule has 0 radical (unpaired) electrons. The summed E-state index contributed by atoms with van der Waals surface area (Å²) in [6.45, 7) is 16.7. The van der Waals surface area contributed by atoms with Crippen LogP contribution in [0, 0.1) is 11.3 Å². The maximum absolute atomic E-state index is 12.0. The van der Waals surface area contributed by atoms with Crippen molar-refractivity contribution >= 4 is 14.1 Å². The Bertz CT molecular complexity index is 233. The molecule has 0 aromatic rings. The number of hydrogen-bond donors (Lipinski definition) is 0. The first-order chi connectivity index (χ1) is 6.93. The molecule has 0 N–H and O–H groups in total. The lowest BCUT2D eigenvalue weighted by molar-refractivity contribution is -0.128. The van der Waals surface area contributed by atoms with Crippen molar-refractivity contribution in [2.75, 3.05) is 0 Å². The molecular weight excluding hydrogens is 216 g/mol. The Hall–Kier alpha value is -0.153. The van der Waals surface area contributed by atoms with Crippen LogP contribution in [0.3, 0.4) is 0 Å². The number of Topliss-reactive ketones (excluding diaryl/α,β-unsaturated/α-hetero) is 1. The standard InChI is InChI=1S/C13H28O2Si/c1-10(2)11(15-16(6,7)8)9-12(14)13(3,4)5/h10-11H,9H2,1-8H3. The number of hydrogen-bond acceptors (Lipinski definition) is 2. The van der Waals surface area contributed by atoms with E-state index in [-0.39, 0.29) is 11.5 Å². The second-order valence-corrected chi connectivity index (χ2v) is 11.4. The van der Waals surface area contributed by atoms with E-state index < -0.39 is 8.32 Å². The van der Waals surface area contributed by atoms with Gasteiger partial charge in [0.1, 0.15) is 5.78 Å². The Balaban J connectivity index is 4.54. The Morgan fingerprint density at radius 2 is 1.62 bits per heavy atom. The van der Waals surface area contributed by atoms with Gasteiger partial charge in [0.2, 0.25) is 0 Å². The van der Waals surface area contributed by atoms with E-state index in [2.05, 4.69) is 33.5 Å². The van der Waals surface area contributed by atoms with Crippen molar-refractivity contribution < 1.29 is 9.22 Å². The minimum Gasteiger partial charge on any atom is -0.414 e. The Kier molecular flexibility index (Phi) is 5.40. The van der Waals surface area contributed by atoms with E-state index >= 15 is 0 Å². The summed E-state index contributed by atoms with van der Waals surface area (Å²) in [6, 6.07) is 0. The van der Waals surface area contributed by atoms with Gasteiger partial charge in [0, 0.05) is 11.8 Å². The van der Waals surface area contributed by atoms with Crippen LogP contribution in [0.4, 0.5) is 0 Å². The van der Waals surface area contributed by atoms with Crippen LogP contribution in [-0.2, 0) is 9.22 Å². The number of rotatable bonds is 5. The largest absolute Gasteiger partial charge is 0.414 e. The van der Waals surface area contributed by atoms with E-state index in [1.807, 2.05) is 20.8 Å². The van der Waals surface area contributed by atoms with Crippen LogP contribution < -0.4 is 0 Å². The molecule has 0 saturated heterocycles. The zero-order chi connectivity index (χ0) is 13.1. The summed E-state index contributed by atoms with van der Waals surface area (Å²) in [4.78, 5) is 12.0. The lowest BCUT2D eigenvalue weighted by atomic mass is 9.86. The molecule has 0 spiro atoms. The topological polar surface area (TPSA) is 26.3 Å². The molecule has 0 aromatic heterocycles. The molecule has 0 aliphatic heterocycles. The molecule has 0 heterocycles. The number of ketones is 1. The van der Waals surface area contributed by atoms with Crippen molar-refractivity contribution in [3.8, 4) is 0 Å². The smallest absolute Gasteiger partial charge is 0.184 e. The first kappa shape index (κ1) is 15.8. The van der Waals surface area contributed by atoms with Gasteiger partial charge >= 0.3 is 0 Å². The van der Waals surface area contributed by atoms with Crippen molar-refractivity contribution in [3.05, 3.63) is 0 Å². The van der Waals surface area contributed by atoms with Gasteiger partial charge in [-0.1, -0.05) is 34.6 Å². The van der Waals surface area contributed by atoms with E-state index in [1.54, 1.807) is 0 Å². The summed E-state index contributed by atoms with van der Waals surface area (Å²) in [7, 11) is -1.56. The summed E-state index contributed by atoms with van der Waals surface area (Å²) >= 11 is 0. The predicted octanol–water partition coefficient (Wildman–Crippen LogP) is 3.87. The number of carbonyl (C=O) groups excluding carboxylic acids is 1. The summed E-state index contributed by atoms with van der Waals surface area (Å²) in [5.74, 6) is 0.697. The minimum atomic E-state index is -1.56. The molecule has 1 atom stereocenters. The molecule has 0 aliphatic carbocycles. The van der Waals surface area contributed by atoms with Crippen molar-refractivity contribution in [1.82, 2.24) is 0 Å². The van der Waals surface area contributed by atoms with Crippen LogP contribution in [-0.4, -0.2) is 20.2 Å². The van der Waals surface area contributed by atoms with Gasteiger partial charge < -0.3 is 4.43 Å². The number of carbonyl (C=O) groups is 1. The molecule has 1 unspecified atom stereocenters. The molecular formula is C13H28O2Si. The molecule has 0 fully saturated rings. The highest BCUT2D eigenvalue weighted by Gasteiger charge is 2.29. The SMILES string of the molecule is CC(C)C(CC(=O)C(C)(C)C)O[Si](C)(C)C. The molecule has 3 heteroatoms. The van der Waals surface area contributed by atoms with Gasteiger partial charge in [-0.2, -0.15) is 0 Å². The van der Waals surface area contributed by atoms with Crippen LogP contribution in [0.1, 0.15) is 41.0 Å². The maximum atomic E-state index is 12.0. The van der Waals surface area contributed by atoms with Crippen molar-refractivity contribution in [1.29, 1.82) is 0 Å². The quantitative estimate of drug-likeness (QED) is 0.686. The van der Waals surface area contributed by atoms with Crippen LogP contribution in [0.15, 0.2) is 0 Å². The van der Waals surface area contributed by atoms with Gasteiger partial charge in [0.15, 0.2) is 8.32 Å². The molecule has 0 aromatic carbocycles. The zero-order valence-corrected chi connectivity index (χ0v) is 13.2. The van der Waals surface area contributed by atoms with Gasteiger partial charge in [0.25, 0.3) is 0 Å². The van der Waals surface area contributed by atoms with Crippen LogP contribution in [0.2, 0.25) is 19.6 Å². The van der Waals surface area contributed by atoms with Gasteiger partial charge in [0.05, 0.1) is 6.10 Å². The molecule has 0 aliphatic rings. The molecule has 0 amide bonds. The lowest BCUT2D eigenvalue weighted by Crippen LogP contribution is -2.38. The third kappa shape index (κ3) is 6.43. The third-order valence-corrected chi connectivity index (χ3v) is 3.48. The second-order valence-electron chi connectivity index (χ2n) is 6.89. The van der Waals surface area contributed by atoms with Gasteiger partial charge in [-0.25, -0.2) is 0 Å². The maximum Gasteiger partial charge on any atom is 0.184 e. The fraction of sp³-hybridized carbons (Fsp3) is 0.923. The lowest BCUT2D eigenvalue weighted by Gasteiger charge is -2.30. The van der Waals surface area contributed by atoms with Crippen LogP contribution in [0.25, 0.3) is 0 Å². The van der Waals surface area contributed by atoms with Gasteiger partial charge in [-0.15, -0.1) is 0 Å². The summed E-state index contributed by atoms with van der Waals surface area (Å²) in [5, 5.41) is 0. The van der Waals surface area contributed by atoms with Crippen LogP contribution >= 0.6 is 0 Å². The fourth-order valence-corrected chi connectivity index (χ4v) is 2.62. The summed E-state index contributed by atoms with van der Waals surface area (Å²) < 4.78 is 6.08. The van der Waals surface area contributed by atoms with Crippen molar-refractivity contribution in [3.63, 3.8) is 0 Å². The normalized spacial score (nSPS) is 15.3. The third-order valence-electron chi connectivity index (χ3n) is 2.47. The monoisotopic (exact) mass is 244 g/mol. The summed E-state index contributed by atoms with van der Waals surface area (Å²) in [6.07, 6.45) is 0.629. The molecule has 16 heavy (non-hydrogen) atoms. The Morgan fingerprint density at radius 1 is 1.19 bits per heavy atom. The highest BCUT2D eigenvalue weighted by atomic mass is 28.4. The van der Waals surface area contributed by atoms with Crippen molar-refractivity contribution in [2.24, 2.45) is 11.3 Å². The first-order valence-electron chi connectivity index (χ1n) is 6.14. The van der Waals surface area contributed by atoms with E-state index in [0.717, 1.165) is 0 Å². The molecule has 2 nitrogen and oxygen atoms in total. The van der Waals surface area contributed by atoms with E-state index in [1.165, 1.54) is 0 Å². The second kappa shape index (κ2) is 5.45. The highest BCUT2D eigenvalue weighted by molar-refractivity contribution is 6.69. The van der Waals surface area contributed by atoms with E-state index in [4.69, 9.17) is 4.43 Å². The van der Waals surface area contributed by atoms with Crippen molar-refractivity contribution in [2.45, 2.75) is 66.8 Å². The Labute approximate surface area is 102 Å². The zero-order valence-electron chi connectivity index (χ0n) is 12.2. The predicted molar refractivity (Wildman–Crippen MR) is 72.1 cm³/mol. The van der Waals surface area contributed by atoms with E-state index in [9.17, 15) is 4.79 Å². The van der Waals surface area contributed by atoms with Crippen LogP contribution in [0.5, 0.6) is 0 Å². The Morgan fingerprint density at radius 3 is 1.88 bits per heavy atom. The van der Waals surface area contributed by atoms with E-state index in [0.29, 0.717) is 18.1 Å². The van der Waals surface area contributed by atoms with Gasteiger partial charge in [-0.05, 0) is 25.6 Å². The molecule has 0 saturated carbocycles. The highest BCUT2D eigenvalue weighted by Crippen LogP contribution is 2.23. The molecule has 0 bridgehead atoms. The molecule has 96 valence electrons. The van der Waals surface area contributed by atoms with Gasteiger partial charge in [-0.3, -0.25) is 4.79 Å². The fourth-order valence-electron chi connectivity index (χ4n) is 1.36. The average Bonchev–Trinajstić information content (AvgIpc) is 1.98. The molecule has 0 rings (SSSR count).